The van der Waals surface area contributed by atoms with Gasteiger partial charge in [-0.1, -0.05) is 11.6 Å². The smallest absolute Gasteiger partial charge is 0.232 e. The average molecular weight is 284 g/mol. The van der Waals surface area contributed by atoms with Crippen LogP contribution in [0.4, 0.5) is 4.39 Å². The van der Waals surface area contributed by atoms with Crippen LogP contribution < -0.4 is 4.74 Å². The number of carbonyl (C=O) groups is 1. The lowest BCUT2D eigenvalue weighted by molar-refractivity contribution is 0.101. The molecular weight excluding hydrogens is 271 g/mol. The number of methoxy groups -OCH3 is 1. The van der Waals surface area contributed by atoms with E-state index in [9.17, 15) is 9.18 Å². The van der Waals surface area contributed by atoms with E-state index in [1.165, 1.54) is 19.2 Å². The molecule has 0 radical (unpaired) electrons. The van der Waals surface area contributed by atoms with Crippen molar-refractivity contribution in [3.63, 3.8) is 0 Å². The Morgan fingerprint density at radius 1 is 1.14 bits per heavy atom. The SMILES string of the molecule is COc1ccc(F)cc1C(=O)c1cc2cc(C)ccc2o1. The first kappa shape index (κ1) is 13.4. The lowest BCUT2D eigenvalue weighted by atomic mass is 10.1. The molecule has 0 aliphatic rings. The Morgan fingerprint density at radius 2 is 1.95 bits per heavy atom. The summed E-state index contributed by atoms with van der Waals surface area (Å²) in [4.78, 5) is 12.5. The summed E-state index contributed by atoms with van der Waals surface area (Å²) in [6, 6.07) is 11.1. The first-order valence-corrected chi connectivity index (χ1v) is 6.47. The first-order valence-electron chi connectivity index (χ1n) is 6.47. The average Bonchev–Trinajstić information content (AvgIpc) is 2.89. The lowest BCUT2D eigenvalue weighted by Gasteiger charge is -2.05. The molecule has 0 unspecified atom stereocenters. The fraction of sp³-hybridized carbons (Fsp3) is 0.118. The number of fused-ring (bicyclic) bond motifs is 1. The first-order chi connectivity index (χ1) is 10.1. The molecule has 0 atom stereocenters. The standard InChI is InChI=1S/C17H13FO3/c1-10-3-5-14-11(7-10)8-16(21-14)17(19)13-9-12(18)4-6-15(13)20-2/h3-9H,1-2H3. The zero-order chi connectivity index (χ0) is 15.0. The topological polar surface area (TPSA) is 39.4 Å². The van der Waals surface area contributed by atoms with Gasteiger partial charge in [-0.3, -0.25) is 4.79 Å². The van der Waals surface area contributed by atoms with Crippen molar-refractivity contribution in [1.29, 1.82) is 0 Å². The number of hydrogen-bond acceptors (Lipinski definition) is 3. The molecule has 1 heterocycles. The van der Waals surface area contributed by atoms with Crippen LogP contribution in [0.2, 0.25) is 0 Å². The van der Waals surface area contributed by atoms with E-state index in [0.29, 0.717) is 11.3 Å². The second-order valence-electron chi connectivity index (χ2n) is 4.83. The fourth-order valence-corrected chi connectivity index (χ4v) is 2.27. The molecule has 2 aromatic carbocycles. The van der Waals surface area contributed by atoms with Crippen LogP contribution in [0.15, 0.2) is 46.9 Å². The van der Waals surface area contributed by atoms with E-state index in [1.54, 1.807) is 6.07 Å². The summed E-state index contributed by atoms with van der Waals surface area (Å²) in [5, 5.41) is 0.841. The van der Waals surface area contributed by atoms with E-state index in [0.717, 1.165) is 17.0 Å². The van der Waals surface area contributed by atoms with E-state index in [4.69, 9.17) is 9.15 Å². The second kappa shape index (κ2) is 5.05. The molecule has 0 bridgehead atoms. The minimum Gasteiger partial charge on any atom is -0.496 e. The molecule has 4 heteroatoms. The summed E-state index contributed by atoms with van der Waals surface area (Å²) < 4.78 is 24.0. The van der Waals surface area contributed by atoms with Gasteiger partial charge in [0.15, 0.2) is 5.76 Å². The monoisotopic (exact) mass is 284 g/mol. The van der Waals surface area contributed by atoms with Crippen molar-refractivity contribution in [1.82, 2.24) is 0 Å². The molecule has 3 rings (SSSR count). The van der Waals surface area contributed by atoms with Gasteiger partial charge in [-0.05, 0) is 43.3 Å². The van der Waals surface area contributed by atoms with Crippen molar-refractivity contribution in [2.45, 2.75) is 6.92 Å². The van der Waals surface area contributed by atoms with Crippen LogP contribution in [0.3, 0.4) is 0 Å². The largest absolute Gasteiger partial charge is 0.496 e. The number of benzene rings is 2. The maximum atomic E-state index is 13.4. The number of ketones is 1. The number of furan rings is 1. The number of halogens is 1. The summed E-state index contributed by atoms with van der Waals surface area (Å²) in [5.74, 6) is -0.413. The number of rotatable bonds is 3. The molecule has 0 aliphatic heterocycles. The Hall–Kier alpha value is -2.62. The molecule has 106 valence electrons. The van der Waals surface area contributed by atoms with Gasteiger partial charge in [-0.2, -0.15) is 0 Å². The molecule has 0 saturated carbocycles. The quantitative estimate of drug-likeness (QED) is 0.679. The highest BCUT2D eigenvalue weighted by molar-refractivity contribution is 6.10. The number of ether oxygens (including phenoxy) is 1. The zero-order valence-electron chi connectivity index (χ0n) is 11.6. The molecular formula is C17H13FO3. The summed E-state index contributed by atoms with van der Waals surface area (Å²) in [5.41, 5.74) is 1.85. The van der Waals surface area contributed by atoms with Gasteiger partial charge >= 0.3 is 0 Å². The van der Waals surface area contributed by atoms with Gasteiger partial charge in [-0.15, -0.1) is 0 Å². The van der Waals surface area contributed by atoms with Crippen molar-refractivity contribution in [2.75, 3.05) is 7.11 Å². The Kier molecular flexibility index (Phi) is 3.22. The summed E-state index contributed by atoms with van der Waals surface area (Å²) >= 11 is 0. The molecule has 0 spiro atoms. The second-order valence-corrected chi connectivity index (χ2v) is 4.83. The highest BCUT2D eigenvalue weighted by Crippen LogP contribution is 2.26. The Bertz CT molecular complexity index is 833. The number of aryl methyl sites for hydroxylation is 1. The van der Waals surface area contributed by atoms with E-state index >= 15 is 0 Å². The van der Waals surface area contributed by atoms with Gasteiger partial charge < -0.3 is 9.15 Å². The molecule has 3 nitrogen and oxygen atoms in total. The molecule has 0 saturated heterocycles. The molecule has 1 aromatic heterocycles. The number of carbonyl (C=O) groups excluding carboxylic acids is 1. The van der Waals surface area contributed by atoms with Gasteiger partial charge in [0.2, 0.25) is 5.78 Å². The van der Waals surface area contributed by atoms with Crippen LogP contribution in [0.1, 0.15) is 21.7 Å². The van der Waals surface area contributed by atoms with Crippen molar-refractivity contribution in [3.8, 4) is 5.75 Å². The Balaban J connectivity index is 2.10. The van der Waals surface area contributed by atoms with E-state index < -0.39 is 11.6 Å². The third-order valence-electron chi connectivity index (χ3n) is 3.30. The highest BCUT2D eigenvalue weighted by atomic mass is 19.1. The third kappa shape index (κ3) is 2.40. The minimum atomic E-state index is -0.494. The van der Waals surface area contributed by atoms with Gasteiger partial charge in [-0.25, -0.2) is 4.39 Å². The van der Waals surface area contributed by atoms with Crippen LogP contribution >= 0.6 is 0 Å². The van der Waals surface area contributed by atoms with Crippen molar-refractivity contribution in [2.24, 2.45) is 0 Å². The third-order valence-corrected chi connectivity index (χ3v) is 3.30. The zero-order valence-corrected chi connectivity index (χ0v) is 11.6. The molecule has 0 amide bonds. The van der Waals surface area contributed by atoms with Crippen molar-refractivity contribution < 1.29 is 18.3 Å². The molecule has 0 fully saturated rings. The summed E-state index contributed by atoms with van der Waals surface area (Å²) in [6.07, 6.45) is 0. The predicted octanol–water partition coefficient (Wildman–Crippen LogP) is 4.12. The Labute approximate surface area is 120 Å². The van der Waals surface area contributed by atoms with E-state index in [-0.39, 0.29) is 11.3 Å². The molecule has 0 aliphatic carbocycles. The Morgan fingerprint density at radius 3 is 2.71 bits per heavy atom. The van der Waals surface area contributed by atoms with Crippen LogP contribution in [0.25, 0.3) is 11.0 Å². The number of hydrogen-bond donors (Lipinski definition) is 0. The van der Waals surface area contributed by atoms with Crippen molar-refractivity contribution in [3.05, 3.63) is 65.2 Å². The van der Waals surface area contributed by atoms with E-state index in [1.807, 2.05) is 25.1 Å². The van der Waals surface area contributed by atoms with E-state index in [2.05, 4.69) is 0 Å². The fourth-order valence-electron chi connectivity index (χ4n) is 2.27. The van der Waals surface area contributed by atoms with Crippen LogP contribution in [-0.4, -0.2) is 12.9 Å². The van der Waals surface area contributed by atoms with Crippen LogP contribution in [0, 0.1) is 12.7 Å². The maximum absolute atomic E-state index is 13.4. The summed E-state index contributed by atoms with van der Waals surface area (Å²) in [6.45, 7) is 1.96. The predicted molar refractivity (Wildman–Crippen MR) is 77.3 cm³/mol. The van der Waals surface area contributed by atoms with Crippen LogP contribution in [0.5, 0.6) is 5.75 Å². The summed E-state index contributed by atoms with van der Waals surface area (Å²) in [7, 11) is 1.44. The highest BCUT2D eigenvalue weighted by Gasteiger charge is 2.19. The molecule has 0 N–H and O–H groups in total. The van der Waals surface area contributed by atoms with Gasteiger partial charge in [0, 0.05) is 5.39 Å². The lowest BCUT2D eigenvalue weighted by Crippen LogP contribution is -2.03. The maximum Gasteiger partial charge on any atom is 0.232 e. The molecule has 3 aromatic rings. The molecule has 21 heavy (non-hydrogen) atoms. The van der Waals surface area contributed by atoms with Gasteiger partial charge in [0.1, 0.15) is 17.1 Å². The van der Waals surface area contributed by atoms with Crippen LogP contribution in [-0.2, 0) is 0 Å². The van der Waals surface area contributed by atoms with Crippen molar-refractivity contribution >= 4 is 16.8 Å². The normalized spacial score (nSPS) is 10.8. The van der Waals surface area contributed by atoms with Gasteiger partial charge in [0.25, 0.3) is 0 Å². The minimum absolute atomic E-state index is 0.147. The van der Waals surface area contributed by atoms with Gasteiger partial charge in [0.05, 0.1) is 12.7 Å².